The number of nitrogens with one attached hydrogen (secondary N) is 1. The third-order valence-corrected chi connectivity index (χ3v) is 4.65. The van der Waals surface area contributed by atoms with Gasteiger partial charge in [0.25, 0.3) is 0 Å². The van der Waals surface area contributed by atoms with Crippen LogP contribution in [0.4, 0.5) is 0 Å². The molecule has 4 rings (SSSR count). The quantitative estimate of drug-likeness (QED) is 0.724. The standard InChI is InChI=1S/C20H23N5O2/c1-15-13-25(14-19(27-15)16-7-3-2-4-8-16)11-12-26-18-10-6-5-9-17(18)20-21-23-24-22-20/h2-10,15,19H,11-14H2,1H3,(H,21,22,23,24)/t15-,19-/m1/s1. The predicted octanol–water partition coefficient (Wildman–Crippen LogP) is 2.71. The van der Waals surface area contributed by atoms with Crippen molar-refractivity contribution in [1.29, 1.82) is 0 Å². The summed E-state index contributed by atoms with van der Waals surface area (Å²) in [4.78, 5) is 2.39. The number of benzene rings is 2. The Balaban J connectivity index is 1.37. The first-order valence-corrected chi connectivity index (χ1v) is 9.18. The van der Waals surface area contributed by atoms with E-state index < -0.39 is 0 Å². The second-order valence-corrected chi connectivity index (χ2v) is 6.69. The predicted molar refractivity (Wildman–Crippen MR) is 101 cm³/mol. The summed E-state index contributed by atoms with van der Waals surface area (Å²) in [5, 5.41) is 14.2. The van der Waals surface area contributed by atoms with Crippen LogP contribution in [0.5, 0.6) is 5.75 Å². The van der Waals surface area contributed by atoms with Gasteiger partial charge in [0.05, 0.1) is 17.8 Å². The molecule has 1 aliphatic rings. The zero-order valence-corrected chi connectivity index (χ0v) is 15.3. The van der Waals surface area contributed by atoms with Crippen LogP contribution in [0, 0.1) is 0 Å². The van der Waals surface area contributed by atoms with Crippen LogP contribution in [-0.2, 0) is 4.74 Å². The van der Waals surface area contributed by atoms with Gasteiger partial charge in [-0.25, -0.2) is 0 Å². The van der Waals surface area contributed by atoms with Gasteiger partial charge in [-0.1, -0.05) is 42.5 Å². The van der Waals surface area contributed by atoms with E-state index in [2.05, 4.69) is 56.7 Å². The largest absolute Gasteiger partial charge is 0.491 e. The molecule has 0 unspecified atom stereocenters. The molecule has 27 heavy (non-hydrogen) atoms. The van der Waals surface area contributed by atoms with Crippen LogP contribution in [0.2, 0.25) is 0 Å². The van der Waals surface area contributed by atoms with Crippen molar-refractivity contribution in [1.82, 2.24) is 25.5 Å². The van der Waals surface area contributed by atoms with E-state index in [4.69, 9.17) is 9.47 Å². The Morgan fingerprint density at radius 2 is 1.93 bits per heavy atom. The highest BCUT2D eigenvalue weighted by Gasteiger charge is 2.26. The number of aromatic amines is 1. The van der Waals surface area contributed by atoms with E-state index in [-0.39, 0.29) is 12.2 Å². The molecule has 2 aromatic carbocycles. The van der Waals surface area contributed by atoms with Crippen LogP contribution < -0.4 is 4.74 Å². The van der Waals surface area contributed by atoms with E-state index in [1.54, 1.807) is 0 Å². The number of hydrogen-bond donors (Lipinski definition) is 1. The van der Waals surface area contributed by atoms with E-state index in [0.717, 1.165) is 30.9 Å². The highest BCUT2D eigenvalue weighted by atomic mass is 16.5. The number of tetrazole rings is 1. The Bertz CT molecular complexity index is 841. The lowest BCUT2D eigenvalue weighted by Gasteiger charge is -2.37. The molecule has 1 saturated heterocycles. The molecule has 1 aliphatic heterocycles. The van der Waals surface area contributed by atoms with Crippen molar-refractivity contribution in [2.24, 2.45) is 0 Å². The molecular weight excluding hydrogens is 342 g/mol. The summed E-state index contributed by atoms with van der Waals surface area (Å²) < 4.78 is 12.2. The van der Waals surface area contributed by atoms with Gasteiger partial charge in [-0.2, -0.15) is 5.21 Å². The van der Waals surface area contributed by atoms with Gasteiger partial charge in [-0.15, -0.1) is 10.2 Å². The molecule has 140 valence electrons. The maximum atomic E-state index is 6.13. The minimum Gasteiger partial charge on any atom is -0.491 e. The summed E-state index contributed by atoms with van der Waals surface area (Å²) in [5.74, 6) is 1.30. The molecule has 1 N–H and O–H groups in total. The normalized spacial score (nSPS) is 20.5. The average Bonchev–Trinajstić information content (AvgIpc) is 3.23. The first kappa shape index (κ1) is 17.6. The number of morpholine rings is 1. The summed E-state index contributed by atoms with van der Waals surface area (Å²) in [6.07, 6.45) is 0.289. The van der Waals surface area contributed by atoms with Gasteiger partial charge in [-0.3, -0.25) is 4.90 Å². The van der Waals surface area contributed by atoms with Crippen molar-refractivity contribution < 1.29 is 9.47 Å². The van der Waals surface area contributed by atoms with Crippen molar-refractivity contribution >= 4 is 0 Å². The smallest absolute Gasteiger partial charge is 0.208 e. The third-order valence-electron chi connectivity index (χ3n) is 4.65. The molecule has 0 aliphatic carbocycles. The number of para-hydroxylation sites is 1. The van der Waals surface area contributed by atoms with E-state index in [0.29, 0.717) is 12.4 Å². The monoisotopic (exact) mass is 365 g/mol. The second-order valence-electron chi connectivity index (χ2n) is 6.69. The molecule has 0 radical (unpaired) electrons. The van der Waals surface area contributed by atoms with Crippen molar-refractivity contribution in [3.05, 3.63) is 60.2 Å². The number of rotatable bonds is 6. The van der Waals surface area contributed by atoms with Gasteiger partial charge in [0.1, 0.15) is 12.4 Å². The summed E-state index contributed by atoms with van der Waals surface area (Å²) in [6.45, 7) is 5.30. The minimum absolute atomic E-state index is 0.0987. The van der Waals surface area contributed by atoms with Crippen molar-refractivity contribution in [3.8, 4) is 17.1 Å². The molecule has 2 heterocycles. The Morgan fingerprint density at radius 1 is 1.11 bits per heavy atom. The Labute approximate surface area is 158 Å². The lowest BCUT2D eigenvalue weighted by Crippen LogP contribution is -2.44. The van der Waals surface area contributed by atoms with Crippen LogP contribution in [0.3, 0.4) is 0 Å². The summed E-state index contributed by atoms with van der Waals surface area (Å²) in [7, 11) is 0. The topological polar surface area (TPSA) is 76.2 Å². The average molecular weight is 365 g/mol. The molecular formula is C20H23N5O2. The maximum absolute atomic E-state index is 6.13. The van der Waals surface area contributed by atoms with Crippen molar-refractivity contribution in [2.45, 2.75) is 19.1 Å². The molecule has 7 nitrogen and oxygen atoms in total. The molecule has 0 spiro atoms. The fourth-order valence-electron chi connectivity index (χ4n) is 3.41. The summed E-state index contributed by atoms with van der Waals surface area (Å²) in [6, 6.07) is 18.1. The van der Waals surface area contributed by atoms with Gasteiger partial charge in [0.2, 0.25) is 5.82 Å². The van der Waals surface area contributed by atoms with Gasteiger partial charge < -0.3 is 9.47 Å². The molecule has 1 aromatic heterocycles. The second kappa shape index (κ2) is 8.28. The first-order chi connectivity index (χ1) is 13.3. The fraction of sp³-hybridized carbons (Fsp3) is 0.350. The molecule has 2 atom stereocenters. The zero-order chi connectivity index (χ0) is 18.5. The Kier molecular flexibility index (Phi) is 5.41. The maximum Gasteiger partial charge on any atom is 0.208 e. The van der Waals surface area contributed by atoms with Crippen LogP contribution in [0.25, 0.3) is 11.4 Å². The molecule has 0 amide bonds. The van der Waals surface area contributed by atoms with E-state index >= 15 is 0 Å². The van der Waals surface area contributed by atoms with Gasteiger partial charge >= 0.3 is 0 Å². The van der Waals surface area contributed by atoms with Gasteiger partial charge in [-0.05, 0) is 29.8 Å². The number of ether oxygens (including phenoxy) is 2. The molecule has 3 aromatic rings. The molecule has 1 fully saturated rings. The van der Waals surface area contributed by atoms with Gasteiger partial charge in [0.15, 0.2) is 0 Å². The minimum atomic E-state index is 0.0987. The number of hydrogen-bond acceptors (Lipinski definition) is 6. The Hall–Kier alpha value is -2.77. The lowest BCUT2D eigenvalue weighted by atomic mass is 10.1. The third kappa shape index (κ3) is 4.32. The van der Waals surface area contributed by atoms with E-state index in [9.17, 15) is 0 Å². The number of nitrogens with zero attached hydrogens (tertiary/aromatic N) is 4. The van der Waals surface area contributed by atoms with Gasteiger partial charge in [0, 0.05) is 19.6 Å². The summed E-state index contributed by atoms with van der Waals surface area (Å²) in [5.41, 5.74) is 2.06. The SMILES string of the molecule is C[C@@H]1CN(CCOc2ccccc2-c2nn[nH]n2)C[C@H](c2ccccc2)O1. The zero-order valence-electron chi connectivity index (χ0n) is 15.3. The lowest BCUT2D eigenvalue weighted by molar-refractivity contribution is -0.0807. The van der Waals surface area contributed by atoms with Crippen LogP contribution in [0.15, 0.2) is 54.6 Å². The number of H-pyrrole nitrogens is 1. The van der Waals surface area contributed by atoms with E-state index in [1.165, 1.54) is 5.56 Å². The molecule has 0 saturated carbocycles. The van der Waals surface area contributed by atoms with Crippen LogP contribution in [-0.4, -0.2) is 57.9 Å². The fourth-order valence-corrected chi connectivity index (χ4v) is 3.41. The van der Waals surface area contributed by atoms with E-state index in [1.807, 2.05) is 30.3 Å². The highest BCUT2D eigenvalue weighted by Crippen LogP contribution is 2.27. The molecule has 0 bridgehead atoms. The molecule has 7 heteroatoms. The highest BCUT2D eigenvalue weighted by molar-refractivity contribution is 5.63. The van der Waals surface area contributed by atoms with Crippen LogP contribution >= 0.6 is 0 Å². The van der Waals surface area contributed by atoms with Crippen LogP contribution in [0.1, 0.15) is 18.6 Å². The number of aromatic nitrogens is 4. The van der Waals surface area contributed by atoms with Crippen molar-refractivity contribution in [3.63, 3.8) is 0 Å². The van der Waals surface area contributed by atoms with Crippen molar-refractivity contribution in [2.75, 3.05) is 26.2 Å². The first-order valence-electron chi connectivity index (χ1n) is 9.18. The summed E-state index contributed by atoms with van der Waals surface area (Å²) >= 11 is 0. The Morgan fingerprint density at radius 3 is 2.74 bits per heavy atom.